The number of thiophene rings is 1. The van der Waals surface area contributed by atoms with Gasteiger partial charge in [0, 0.05) is 49.3 Å². The van der Waals surface area contributed by atoms with Gasteiger partial charge < -0.3 is 26.0 Å². The minimum atomic E-state index is 0.00951. The molecule has 0 fully saturated rings. The molecule has 7 nitrogen and oxygen atoms in total. The SMILES string of the molecule is COCCNCCC(=O)Nc1sc2c(c1-c1nc3c(Nc4ccccc4)cccc3s1)CCNC2. The van der Waals surface area contributed by atoms with Crippen molar-refractivity contribution in [2.24, 2.45) is 0 Å². The van der Waals surface area contributed by atoms with Crippen molar-refractivity contribution >= 4 is 55.2 Å². The molecule has 0 atom stereocenters. The molecule has 2 aromatic carbocycles. The summed E-state index contributed by atoms with van der Waals surface area (Å²) in [5.74, 6) is 0.00951. The first-order valence-electron chi connectivity index (χ1n) is 11.8. The molecule has 0 bridgehead atoms. The first-order chi connectivity index (χ1) is 17.2. The van der Waals surface area contributed by atoms with Crippen LogP contribution >= 0.6 is 22.7 Å². The van der Waals surface area contributed by atoms with E-state index in [0.717, 1.165) is 63.2 Å². The van der Waals surface area contributed by atoms with Gasteiger partial charge in [-0.3, -0.25) is 4.79 Å². The molecule has 35 heavy (non-hydrogen) atoms. The van der Waals surface area contributed by atoms with Crippen molar-refractivity contribution in [3.8, 4) is 10.6 Å². The van der Waals surface area contributed by atoms with Crippen LogP contribution in [0.5, 0.6) is 0 Å². The lowest BCUT2D eigenvalue weighted by atomic mass is 10.0. The number of methoxy groups -OCH3 is 1. The molecule has 0 aliphatic carbocycles. The van der Waals surface area contributed by atoms with Crippen LogP contribution < -0.4 is 21.3 Å². The van der Waals surface area contributed by atoms with E-state index < -0.39 is 0 Å². The Bertz CT molecular complexity index is 1300. The van der Waals surface area contributed by atoms with Gasteiger partial charge in [-0.15, -0.1) is 22.7 Å². The minimum absolute atomic E-state index is 0.00951. The molecule has 1 aliphatic rings. The third-order valence-corrected chi connectivity index (χ3v) is 8.06. The Morgan fingerprint density at radius 3 is 2.86 bits per heavy atom. The number of carbonyl (C=O) groups excluding carboxylic acids is 1. The maximum Gasteiger partial charge on any atom is 0.226 e. The average Bonchev–Trinajstić information content (AvgIpc) is 3.46. The molecule has 5 rings (SSSR count). The fraction of sp³-hybridized carbons (Fsp3) is 0.308. The number of hydrogen-bond donors (Lipinski definition) is 4. The Hall–Kier alpha value is -2.82. The molecular weight excluding hydrogens is 478 g/mol. The van der Waals surface area contributed by atoms with E-state index in [1.165, 1.54) is 10.4 Å². The molecule has 0 radical (unpaired) electrons. The summed E-state index contributed by atoms with van der Waals surface area (Å²) in [6.45, 7) is 3.74. The minimum Gasteiger partial charge on any atom is -0.383 e. The first kappa shape index (κ1) is 23.9. The number of fused-ring (bicyclic) bond motifs is 2. The summed E-state index contributed by atoms with van der Waals surface area (Å²) in [7, 11) is 1.67. The molecule has 0 saturated carbocycles. The van der Waals surface area contributed by atoms with E-state index in [9.17, 15) is 4.79 Å². The van der Waals surface area contributed by atoms with Crippen LogP contribution in [-0.4, -0.2) is 44.2 Å². The molecule has 4 aromatic rings. The fourth-order valence-corrected chi connectivity index (χ4v) is 6.54. The highest BCUT2D eigenvalue weighted by atomic mass is 32.1. The highest BCUT2D eigenvalue weighted by molar-refractivity contribution is 7.23. The zero-order chi connectivity index (χ0) is 24.0. The van der Waals surface area contributed by atoms with Gasteiger partial charge in [0.25, 0.3) is 0 Å². The summed E-state index contributed by atoms with van der Waals surface area (Å²) in [6, 6.07) is 16.4. The van der Waals surface area contributed by atoms with Crippen LogP contribution in [0.25, 0.3) is 20.8 Å². The van der Waals surface area contributed by atoms with Gasteiger partial charge in [-0.05, 0) is 42.8 Å². The molecule has 0 saturated heterocycles. The number of amides is 1. The van der Waals surface area contributed by atoms with Gasteiger partial charge in [-0.2, -0.15) is 0 Å². The van der Waals surface area contributed by atoms with Gasteiger partial charge in [0.15, 0.2) is 0 Å². The maximum absolute atomic E-state index is 12.8. The average molecular weight is 508 g/mol. The number of aromatic nitrogens is 1. The van der Waals surface area contributed by atoms with Gasteiger partial charge >= 0.3 is 0 Å². The van der Waals surface area contributed by atoms with E-state index in [1.54, 1.807) is 29.8 Å². The summed E-state index contributed by atoms with van der Waals surface area (Å²) in [5, 5.41) is 15.2. The molecule has 182 valence electrons. The molecule has 1 aliphatic heterocycles. The fourth-order valence-electron chi connectivity index (χ4n) is 4.17. The summed E-state index contributed by atoms with van der Waals surface area (Å²) < 4.78 is 6.16. The van der Waals surface area contributed by atoms with Crippen molar-refractivity contribution in [2.75, 3.05) is 44.0 Å². The van der Waals surface area contributed by atoms with Crippen LogP contribution in [-0.2, 0) is 22.5 Å². The molecule has 1 amide bonds. The highest BCUT2D eigenvalue weighted by Crippen LogP contribution is 2.45. The van der Waals surface area contributed by atoms with Crippen molar-refractivity contribution in [1.29, 1.82) is 0 Å². The van der Waals surface area contributed by atoms with E-state index in [0.29, 0.717) is 19.6 Å². The van der Waals surface area contributed by atoms with Gasteiger partial charge in [0.2, 0.25) is 5.91 Å². The van der Waals surface area contributed by atoms with Crippen molar-refractivity contribution in [1.82, 2.24) is 15.6 Å². The Balaban J connectivity index is 1.43. The monoisotopic (exact) mass is 507 g/mol. The second-order valence-electron chi connectivity index (χ2n) is 8.34. The Morgan fingerprint density at radius 1 is 1.11 bits per heavy atom. The van der Waals surface area contributed by atoms with Crippen molar-refractivity contribution in [3.63, 3.8) is 0 Å². The van der Waals surface area contributed by atoms with Crippen molar-refractivity contribution in [2.45, 2.75) is 19.4 Å². The van der Waals surface area contributed by atoms with Crippen LogP contribution in [0.15, 0.2) is 48.5 Å². The number of nitrogens with zero attached hydrogens (tertiary/aromatic N) is 1. The van der Waals surface area contributed by atoms with Gasteiger partial charge in [0.05, 0.1) is 17.0 Å². The number of anilines is 3. The Labute approximate surface area is 212 Å². The van der Waals surface area contributed by atoms with E-state index in [2.05, 4.69) is 39.5 Å². The molecule has 4 N–H and O–H groups in total. The summed E-state index contributed by atoms with van der Waals surface area (Å²) in [5.41, 5.74) is 5.35. The molecule has 2 aromatic heterocycles. The highest BCUT2D eigenvalue weighted by Gasteiger charge is 2.25. The number of para-hydroxylation sites is 2. The van der Waals surface area contributed by atoms with Gasteiger partial charge in [0.1, 0.15) is 15.5 Å². The van der Waals surface area contributed by atoms with Crippen LogP contribution in [0.3, 0.4) is 0 Å². The van der Waals surface area contributed by atoms with Crippen molar-refractivity contribution in [3.05, 3.63) is 59.0 Å². The normalized spacial score (nSPS) is 13.1. The lowest BCUT2D eigenvalue weighted by Crippen LogP contribution is -2.24. The maximum atomic E-state index is 12.8. The second kappa shape index (κ2) is 11.3. The zero-order valence-electron chi connectivity index (χ0n) is 19.6. The molecule has 9 heteroatoms. The summed E-state index contributed by atoms with van der Waals surface area (Å²) >= 11 is 3.34. The Morgan fingerprint density at radius 2 is 2.00 bits per heavy atom. The smallest absolute Gasteiger partial charge is 0.226 e. The first-order valence-corrected chi connectivity index (χ1v) is 13.4. The Kier molecular flexibility index (Phi) is 7.70. The second-order valence-corrected chi connectivity index (χ2v) is 10.5. The van der Waals surface area contributed by atoms with E-state index in [-0.39, 0.29) is 5.91 Å². The quantitative estimate of drug-likeness (QED) is 0.227. The standard InChI is InChI=1S/C26H29N5O2S2/c1-33-15-14-27-13-11-22(32)30-25-23(18-10-12-28-16-21(18)35-25)26-31-24-19(8-5-9-20(24)34-26)29-17-6-3-2-4-7-17/h2-9,27-29H,10-16H2,1H3,(H,30,32). The number of hydrogen-bond acceptors (Lipinski definition) is 8. The van der Waals surface area contributed by atoms with E-state index in [4.69, 9.17) is 9.72 Å². The van der Waals surface area contributed by atoms with E-state index in [1.807, 2.05) is 30.3 Å². The molecular formula is C26H29N5O2S2. The zero-order valence-corrected chi connectivity index (χ0v) is 21.3. The van der Waals surface area contributed by atoms with Crippen LogP contribution in [0.1, 0.15) is 16.9 Å². The number of carbonyl (C=O) groups is 1. The number of nitrogens with one attached hydrogen (secondary N) is 4. The van der Waals surface area contributed by atoms with Crippen molar-refractivity contribution < 1.29 is 9.53 Å². The third-order valence-electron chi connectivity index (χ3n) is 5.88. The van der Waals surface area contributed by atoms with Crippen LogP contribution in [0.4, 0.5) is 16.4 Å². The predicted octanol–water partition coefficient (Wildman–Crippen LogP) is 4.98. The summed E-state index contributed by atoms with van der Waals surface area (Å²) in [4.78, 5) is 19.1. The molecule has 3 heterocycles. The van der Waals surface area contributed by atoms with Crippen LogP contribution in [0, 0.1) is 0 Å². The predicted molar refractivity (Wildman–Crippen MR) is 146 cm³/mol. The number of ether oxygens (including phenoxy) is 1. The number of thiazole rings is 1. The van der Waals surface area contributed by atoms with Gasteiger partial charge in [-0.25, -0.2) is 4.98 Å². The molecule has 0 spiro atoms. The third kappa shape index (κ3) is 5.55. The van der Waals surface area contributed by atoms with Gasteiger partial charge in [-0.1, -0.05) is 24.3 Å². The van der Waals surface area contributed by atoms with Crippen LogP contribution in [0.2, 0.25) is 0 Å². The topological polar surface area (TPSA) is 87.3 Å². The lowest BCUT2D eigenvalue weighted by Gasteiger charge is -2.13. The lowest BCUT2D eigenvalue weighted by molar-refractivity contribution is -0.116. The van der Waals surface area contributed by atoms with E-state index >= 15 is 0 Å². The molecule has 0 unspecified atom stereocenters. The summed E-state index contributed by atoms with van der Waals surface area (Å²) in [6.07, 6.45) is 1.34. The largest absolute Gasteiger partial charge is 0.383 e. The number of rotatable bonds is 10. The number of benzene rings is 2.